The van der Waals surface area contributed by atoms with E-state index in [9.17, 15) is 4.39 Å². The summed E-state index contributed by atoms with van der Waals surface area (Å²) < 4.78 is 13.4. The van der Waals surface area contributed by atoms with Gasteiger partial charge in [-0.2, -0.15) is 4.98 Å². The Hall–Kier alpha value is -3.06. The zero-order chi connectivity index (χ0) is 17.6. The van der Waals surface area contributed by atoms with Crippen LogP contribution in [-0.2, 0) is 0 Å². The van der Waals surface area contributed by atoms with E-state index in [4.69, 9.17) is 5.11 Å². The van der Waals surface area contributed by atoms with E-state index in [1.807, 2.05) is 12.1 Å². The highest BCUT2D eigenvalue weighted by molar-refractivity contribution is 5.67. The molecule has 1 aromatic carbocycles. The van der Waals surface area contributed by atoms with Gasteiger partial charge in [0.15, 0.2) is 0 Å². The van der Waals surface area contributed by atoms with Crippen molar-refractivity contribution in [1.82, 2.24) is 15.0 Å². The first kappa shape index (κ1) is 16.8. The number of anilines is 3. The van der Waals surface area contributed by atoms with Crippen molar-refractivity contribution in [1.29, 1.82) is 0 Å². The molecule has 0 aliphatic carbocycles. The van der Waals surface area contributed by atoms with Crippen molar-refractivity contribution in [2.24, 2.45) is 0 Å². The molecule has 25 heavy (non-hydrogen) atoms. The number of nitrogens with zero attached hydrogens (tertiary/aromatic N) is 3. The number of aliphatic hydroxyl groups is 1. The summed E-state index contributed by atoms with van der Waals surface area (Å²) in [6.07, 6.45) is 3.40. The van der Waals surface area contributed by atoms with Gasteiger partial charge in [-0.3, -0.25) is 4.98 Å². The molecule has 0 aliphatic rings. The minimum absolute atomic E-state index is 0.0274. The molecule has 0 unspecified atom stereocenters. The number of aromatic nitrogens is 3. The lowest BCUT2D eigenvalue weighted by Gasteiger charge is -2.11. The summed E-state index contributed by atoms with van der Waals surface area (Å²) in [7, 11) is 0. The summed E-state index contributed by atoms with van der Waals surface area (Å²) in [4.78, 5) is 12.9. The van der Waals surface area contributed by atoms with Crippen LogP contribution in [0.2, 0.25) is 0 Å². The zero-order valence-electron chi connectivity index (χ0n) is 13.7. The predicted octanol–water partition coefficient (Wildman–Crippen LogP) is 3.13. The first-order chi connectivity index (χ1) is 12.2. The maximum absolute atomic E-state index is 13.4. The predicted molar refractivity (Wildman–Crippen MR) is 95.3 cm³/mol. The first-order valence-electron chi connectivity index (χ1n) is 7.83. The van der Waals surface area contributed by atoms with Gasteiger partial charge in [-0.25, -0.2) is 9.37 Å². The van der Waals surface area contributed by atoms with Gasteiger partial charge in [0.1, 0.15) is 11.6 Å². The topological polar surface area (TPSA) is 83.0 Å². The van der Waals surface area contributed by atoms with Crippen molar-refractivity contribution < 1.29 is 9.50 Å². The fraction of sp³-hybridized carbons (Fsp3) is 0.167. The zero-order valence-corrected chi connectivity index (χ0v) is 13.7. The molecule has 0 bridgehead atoms. The number of hydrogen-bond acceptors (Lipinski definition) is 6. The second-order valence-electron chi connectivity index (χ2n) is 5.44. The maximum atomic E-state index is 13.4. The normalized spacial score (nSPS) is 10.5. The number of aryl methyl sites for hydroxylation is 1. The minimum atomic E-state index is -0.255. The van der Waals surface area contributed by atoms with Gasteiger partial charge < -0.3 is 15.7 Å². The molecule has 0 saturated carbocycles. The van der Waals surface area contributed by atoms with Crippen LogP contribution in [0.4, 0.5) is 21.8 Å². The Bertz CT molecular complexity index is 857. The number of hydrogen-bond donors (Lipinski definition) is 3. The van der Waals surface area contributed by atoms with Crippen molar-refractivity contribution in [3.05, 3.63) is 60.2 Å². The molecule has 0 saturated heterocycles. The van der Waals surface area contributed by atoms with Crippen LogP contribution in [0.25, 0.3) is 11.3 Å². The SMILES string of the molecule is Cc1cc(Nc2cc(-c3cccnc3)nc(NCCO)n2)ccc1F. The molecule has 6 nitrogen and oxygen atoms in total. The molecule has 3 aromatic rings. The molecule has 128 valence electrons. The number of benzene rings is 1. The second kappa shape index (κ2) is 7.67. The minimum Gasteiger partial charge on any atom is -0.395 e. The van der Waals surface area contributed by atoms with E-state index in [1.54, 1.807) is 37.5 Å². The van der Waals surface area contributed by atoms with Crippen molar-refractivity contribution in [2.45, 2.75) is 6.92 Å². The van der Waals surface area contributed by atoms with Gasteiger partial charge >= 0.3 is 0 Å². The molecule has 3 rings (SSSR count). The summed E-state index contributed by atoms with van der Waals surface area (Å²) in [5.41, 5.74) is 2.80. The Morgan fingerprint density at radius 3 is 2.76 bits per heavy atom. The highest BCUT2D eigenvalue weighted by atomic mass is 19.1. The molecule has 0 aliphatic heterocycles. The lowest BCUT2D eigenvalue weighted by atomic mass is 10.2. The Balaban J connectivity index is 1.95. The highest BCUT2D eigenvalue weighted by Crippen LogP contribution is 2.24. The Morgan fingerprint density at radius 1 is 1.16 bits per heavy atom. The fourth-order valence-electron chi connectivity index (χ4n) is 2.29. The van der Waals surface area contributed by atoms with Crippen molar-refractivity contribution in [3.8, 4) is 11.3 Å². The molecule has 0 fully saturated rings. The average Bonchev–Trinajstić information content (AvgIpc) is 2.63. The van der Waals surface area contributed by atoms with E-state index in [0.717, 1.165) is 11.3 Å². The number of rotatable bonds is 6. The van der Waals surface area contributed by atoms with Crippen molar-refractivity contribution >= 4 is 17.5 Å². The van der Waals surface area contributed by atoms with E-state index in [1.165, 1.54) is 6.07 Å². The monoisotopic (exact) mass is 339 g/mol. The molecule has 0 atom stereocenters. The smallest absolute Gasteiger partial charge is 0.225 e. The third-order valence-electron chi connectivity index (χ3n) is 3.51. The van der Waals surface area contributed by atoms with Crippen LogP contribution in [0, 0.1) is 12.7 Å². The van der Waals surface area contributed by atoms with E-state index < -0.39 is 0 Å². The summed E-state index contributed by atoms with van der Waals surface area (Å²) in [5, 5.41) is 15.1. The van der Waals surface area contributed by atoms with Crippen molar-refractivity contribution in [2.75, 3.05) is 23.8 Å². The van der Waals surface area contributed by atoms with Gasteiger partial charge in [-0.1, -0.05) is 0 Å². The van der Waals surface area contributed by atoms with Gasteiger partial charge in [0.05, 0.1) is 12.3 Å². The molecule has 0 amide bonds. The quantitative estimate of drug-likeness (QED) is 0.640. The van der Waals surface area contributed by atoms with E-state index >= 15 is 0 Å². The molecule has 3 N–H and O–H groups in total. The summed E-state index contributed by atoms with van der Waals surface area (Å²) >= 11 is 0. The Kier molecular flexibility index (Phi) is 5.15. The number of aliphatic hydroxyl groups excluding tert-OH is 1. The van der Waals surface area contributed by atoms with E-state index in [2.05, 4.69) is 25.6 Å². The summed E-state index contributed by atoms with van der Waals surface area (Å²) in [5.74, 6) is 0.687. The van der Waals surface area contributed by atoms with Crippen LogP contribution >= 0.6 is 0 Å². The Labute approximate surface area is 144 Å². The van der Waals surface area contributed by atoms with Crippen LogP contribution in [0.1, 0.15) is 5.56 Å². The van der Waals surface area contributed by atoms with Gasteiger partial charge in [0.25, 0.3) is 0 Å². The number of pyridine rings is 1. The maximum Gasteiger partial charge on any atom is 0.225 e. The molecule has 2 heterocycles. The third kappa shape index (κ3) is 4.27. The molecule has 0 spiro atoms. The highest BCUT2D eigenvalue weighted by Gasteiger charge is 2.08. The van der Waals surface area contributed by atoms with Gasteiger partial charge in [0.2, 0.25) is 5.95 Å². The molecule has 0 radical (unpaired) electrons. The fourth-order valence-corrected chi connectivity index (χ4v) is 2.29. The van der Waals surface area contributed by atoms with Crippen LogP contribution in [0.5, 0.6) is 0 Å². The van der Waals surface area contributed by atoms with E-state index in [0.29, 0.717) is 29.6 Å². The molecule has 7 heteroatoms. The lowest BCUT2D eigenvalue weighted by molar-refractivity contribution is 0.311. The number of nitrogens with one attached hydrogen (secondary N) is 2. The molecular weight excluding hydrogens is 321 g/mol. The third-order valence-corrected chi connectivity index (χ3v) is 3.51. The largest absolute Gasteiger partial charge is 0.395 e. The average molecular weight is 339 g/mol. The van der Waals surface area contributed by atoms with E-state index in [-0.39, 0.29) is 12.4 Å². The Morgan fingerprint density at radius 2 is 2.04 bits per heavy atom. The van der Waals surface area contributed by atoms with Crippen LogP contribution < -0.4 is 10.6 Å². The molecular formula is C18H18FN5O. The van der Waals surface area contributed by atoms with Crippen molar-refractivity contribution in [3.63, 3.8) is 0 Å². The first-order valence-corrected chi connectivity index (χ1v) is 7.83. The molecule has 2 aromatic heterocycles. The second-order valence-corrected chi connectivity index (χ2v) is 5.44. The van der Waals surface area contributed by atoms with Crippen LogP contribution in [-0.4, -0.2) is 33.2 Å². The van der Waals surface area contributed by atoms with Gasteiger partial charge in [-0.05, 0) is 42.8 Å². The van der Waals surface area contributed by atoms with Gasteiger partial charge in [0, 0.05) is 36.3 Å². The van der Waals surface area contributed by atoms with Gasteiger partial charge in [-0.15, -0.1) is 0 Å². The van der Waals surface area contributed by atoms with Crippen LogP contribution in [0.3, 0.4) is 0 Å². The lowest BCUT2D eigenvalue weighted by Crippen LogP contribution is -2.10. The summed E-state index contributed by atoms with van der Waals surface area (Å²) in [6.45, 7) is 2.02. The number of halogens is 1. The summed E-state index contributed by atoms with van der Waals surface area (Å²) in [6, 6.07) is 10.3. The van der Waals surface area contributed by atoms with Crippen LogP contribution in [0.15, 0.2) is 48.8 Å². The standard InChI is InChI=1S/C18H18FN5O/c1-12-9-14(4-5-15(12)19)22-17-10-16(13-3-2-6-20-11-13)23-18(24-17)21-7-8-25/h2-6,9-11,25H,7-8H2,1H3,(H2,21,22,23,24).